The molecule has 1 saturated heterocycles. The van der Waals surface area contributed by atoms with Gasteiger partial charge in [-0.15, -0.1) is 10.2 Å². The van der Waals surface area contributed by atoms with Gasteiger partial charge in [-0.3, -0.25) is 9.36 Å². The molecule has 8 nitrogen and oxygen atoms in total. The largest absolute Gasteiger partial charge is 0.360 e. The Morgan fingerprint density at radius 3 is 2.76 bits per heavy atom. The van der Waals surface area contributed by atoms with E-state index >= 15 is 0 Å². The molecule has 0 radical (unpaired) electrons. The Labute approximate surface area is 195 Å². The topological polar surface area (TPSA) is 110 Å². The van der Waals surface area contributed by atoms with Gasteiger partial charge in [-0.1, -0.05) is 48.2 Å². The summed E-state index contributed by atoms with van der Waals surface area (Å²) >= 11 is 1.28. The minimum Gasteiger partial charge on any atom is -0.360 e. The number of H-pyrrole nitrogens is 1. The summed E-state index contributed by atoms with van der Waals surface area (Å²) in [5.41, 5.74) is 3.93. The van der Waals surface area contributed by atoms with Crippen molar-refractivity contribution in [2.24, 2.45) is 0 Å². The van der Waals surface area contributed by atoms with Crippen LogP contribution in [-0.4, -0.2) is 57.4 Å². The lowest BCUT2D eigenvalue weighted by Crippen LogP contribution is -2.36. The van der Waals surface area contributed by atoms with Crippen LogP contribution in [0.15, 0.2) is 59.9 Å². The number of benzene rings is 2. The summed E-state index contributed by atoms with van der Waals surface area (Å²) in [6, 6.07) is 15.7. The smallest absolute Gasteiger partial charge is 0.230 e. The standard InChI is InChI=1S/C23H23N5O3S2/c1-15-6-2-5-9-20(15)28-22(18-12-24-19-8-4-3-7-17(18)19)26-27-23(28)32-13-21(29)25-16-10-11-33(30,31)14-16/h2-9,12,16,24H,10-11,13-14H2,1H3,(H,25,29)/t16-/m1/s1. The van der Waals surface area contributed by atoms with Crippen molar-refractivity contribution in [1.29, 1.82) is 0 Å². The second-order valence-electron chi connectivity index (χ2n) is 8.13. The van der Waals surface area contributed by atoms with Gasteiger partial charge in [-0.25, -0.2) is 8.42 Å². The Balaban J connectivity index is 1.46. The molecule has 5 rings (SSSR count). The van der Waals surface area contributed by atoms with Crippen LogP contribution in [0.3, 0.4) is 0 Å². The van der Waals surface area contributed by atoms with E-state index < -0.39 is 9.84 Å². The zero-order valence-corrected chi connectivity index (χ0v) is 19.6. The molecule has 2 aromatic heterocycles. The minimum absolute atomic E-state index is 0.00745. The predicted octanol–water partition coefficient (Wildman–Crippen LogP) is 3.12. The second kappa shape index (κ2) is 8.68. The molecule has 4 aromatic rings. The molecule has 0 unspecified atom stereocenters. The molecule has 0 aliphatic carbocycles. The van der Waals surface area contributed by atoms with E-state index in [9.17, 15) is 13.2 Å². The van der Waals surface area contributed by atoms with E-state index in [1.165, 1.54) is 11.8 Å². The number of rotatable bonds is 6. The molecular formula is C23H23N5O3S2. The van der Waals surface area contributed by atoms with Gasteiger partial charge in [0.05, 0.1) is 22.9 Å². The fourth-order valence-electron chi connectivity index (χ4n) is 4.13. The van der Waals surface area contributed by atoms with E-state index in [2.05, 4.69) is 20.5 Å². The fraction of sp³-hybridized carbons (Fsp3) is 0.261. The van der Waals surface area contributed by atoms with Gasteiger partial charge in [0.15, 0.2) is 20.8 Å². The fourth-order valence-corrected chi connectivity index (χ4v) is 6.56. The first-order valence-corrected chi connectivity index (χ1v) is 13.4. The highest BCUT2D eigenvalue weighted by atomic mass is 32.2. The lowest BCUT2D eigenvalue weighted by molar-refractivity contribution is -0.119. The first-order chi connectivity index (χ1) is 15.9. The number of sulfone groups is 1. The Hall–Kier alpha value is -3.11. The van der Waals surface area contributed by atoms with Crippen molar-refractivity contribution in [3.63, 3.8) is 0 Å². The van der Waals surface area contributed by atoms with E-state index in [0.717, 1.165) is 27.7 Å². The van der Waals surface area contributed by atoms with Crippen LogP contribution in [0.25, 0.3) is 28.0 Å². The van der Waals surface area contributed by atoms with Crippen molar-refractivity contribution in [3.05, 3.63) is 60.3 Å². The number of aromatic amines is 1. The molecular weight excluding hydrogens is 458 g/mol. The van der Waals surface area contributed by atoms with Gasteiger partial charge in [0.1, 0.15) is 0 Å². The van der Waals surface area contributed by atoms with Crippen molar-refractivity contribution < 1.29 is 13.2 Å². The van der Waals surface area contributed by atoms with Gasteiger partial charge in [0.2, 0.25) is 5.91 Å². The second-order valence-corrected chi connectivity index (χ2v) is 11.3. The maximum Gasteiger partial charge on any atom is 0.230 e. The molecule has 1 aliphatic rings. The average molecular weight is 482 g/mol. The molecule has 1 aliphatic heterocycles. The van der Waals surface area contributed by atoms with Crippen molar-refractivity contribution in [3.8, 4) is 17.1 Å². The molecule has 1 amide bonds. The van der Waals surface area contributed by atoms with Crippen LogP contribution in [0, 0.1) is 6.92 Å². The number of nitrogens with zero attached hydrogens (tertiary/aromatic N) is 3. The molecule has 1 atom stereocenters. The number of aromatic nitrogens is 4. The number of hydrogen-bond acceptors (Lipinski definition) is 6. The summed E-state index contributed by atoms with van der Waals surface area (Å²) in [4.78, 5) is 15.8. The van der Waals surface area contributed by atoms with Crippen molar-refractivity contribution in [2.45, 2.75) is 24.5 Å². The normalized spacial score (nSPS) is 17.4. The maximum atomic E-state index is 12.5. The number of hydrogen-bond donors (Lipinski definition) is 2. The molecule has 0 bridgehead atoms. The van der Waals surface area contributed by atoms with Gasteiger partial charge in [-0.05, 0) is 31.0 Å². The maximum absolute atomic E-state index is 12.5. The quantitative estimate of drug-likeness (QED) is 0.410. The summed E-state index contributed by atoms with van der Waals surface area (Å²) in [6.45, 7) is 2.02. The number of carbonyl (C=O) groups excluding carboxylic acids is 1. The lowest BCUT2D eigenvalue weighted by Gasteiger charge is -2.13. The summed E-state index contributed by atoms with van der Waals surface area (Å²) in [6.07, 6.45) is 2.38. The lowest BCUT2D eigenvalue weighted by atomic mass is 10.1. The highest BCUT2D eigenvalue weighted by Crippen LogP contribution is 2.33. The third-order valence-electron chi connectivity index (χ3n) is 5.75. The first kappa shape index (κ1) is 21.7. The first-order valence-electron chi connectivity index (χ1n) is 10.6. The monoisotopic (exact) mass is 481 g/mol. The van der Waals surface area contributed by atoms with Crippen molar-refractivity contribution in [1.82, 2.24) is 25.1 Å². The number of aryl methyl sites for hydroxylation is 1. The Morgan fingerprint density at radius 1 is 1.18 bits per heavy atom. The summed E-state index contributed by atoms with van der Waals surface area (Å²) in [5.74, 6) is 0.726. The Bertz CT molecular complexity index is 1440. The van der Waals surface area contributed by atoms with Crippen LogP contribution in [0.5, 0.6) is 0 Å². The molecule has 3 heterocycles. The molecule has 0 spiro atoms. The van der Waals surface area contributed by atoms with E-state index in [-0.39, 0.29) is 29.2 Å². The third kappa shape index (κ3) is 4.40. The van der Waals surface area contributed by atoms with E-state index in [1.54, 1.807) is 0 Å². The zero-order valence-electron chi connectivity index (χ0n) is 18.0. The molecule has 2 N–H and O–H groups in total. The number of nitrogens with one attached hydrogen (secondary N) is 2. The molecule has 2 aromatic carbocycles. The van der Waals surface area contributed by atoms with Gasteiger partial charge in [0.25, 0.3) is 0 Å². The molecule has 170 valence electrons. The van der Waals surface area contributed by atoms with E-state index in [1.807, 2.05) is 66.2 Å². The Morgan fingerprint density at radius 2 is 1.97 bits per heavy atom. The summed E-state index contributed by atoms with van der Waals surface area (Å²) < 4.78 is 25.3. The zero-order chi connectivity index (χ0) is 23.0. The molecule has 33 heavy (non-hydrogen) atoms. The van der Waals surface area contributed by atoms with Gasteiger partial charge in [0, 0.05) is 28.7 Å². The van der Waals surface area contributed by atoms with Crippen LogP contribution in [0.2, 0.25) is 0 Å². The number of carbonyl (C=O) groups is 1. The van der Waals surface area contributed by atoms with Crippen molar-refractivity contribution >= 4 is 38.4 Å². The highest BCUT2D eigenvalue weighted by molar-refractivity contribution is 7.99. The van der Waals surface area contributed by atoms with E-state index in [4.69, 9.17) is 0 Å². The number of amides is 1. The third-order valence-corrected chi connectivity index (χ3v) is 8.45. The van der Waals surface area contributed by atoms with Crippen LogP contribution < -0.4 is 5.32 Å². The SMILES string of the molecule is Cc1ccccc1-n1c(SCC(=O)N[C@@H]2CCS(=O)(=O)C2)nnc1-c1c[nH]c2ccccc12. The predicted molar refractivity (Wildman–Crippen MR) is 129 cm³/mol. The summed E-state index contributed by atoms with van der Waals surface area (Å²) in [5, 5.41) is 13.4. The van der Waals surface area contributed by atoms with Crippen LogP contribution in [0.1, 0.15) is 12.0 Å². The Kier molecular flexibility index (Phi) is 5.71. The highest BCUT2D eigenvalue weighted by Gasteiger charge is 2.29. The molecule has 10 heteroatoms. The van der Waals surface area contributed by atoms with Crippen LogP contribution in [-0.2, 0) is 14.6 Å². The van der Waals surface area contributed by atoms with Crippen LogP contribution >= 0.6 is 11.8 Å². The molecule has 1 fully saturated rings. The summed E-state index contributed by atoms with van der Waals surface area (Å²) in [7, 11) is -3.05. The average Bonchev–Trinajstić information content (AvgIpc) is 3.49. The van der Waals surface area contributed by atoms with Crippen molar-refractivity contribution in [2.75, 3.05) is 17.3 Å². The van der Waals surface area contributed by atoms with Gasteiger partial charge >= 0.3 is 0 Å². The van der Waals surface area contributed by atoms with Crippen LogP contribution in [0.4, 0.5) is 0 Å². The van der Waals surface area contributed by atoms with E-state index in [0.29, 0.717) is 17.4 Å². The number of thioether (sulfide) groups is 1. The van der Waals surface area contributed by atoms with Gasteiger partial charge < -0.3 is 10.3 Å². The van der Waals surface area contributed by atoms with Gasteiger partial charge in [-0.2, -0.15) is 0 Å². The molecule has 0 saturated carbocycles. The number of para-hydroxylation sites is 2. The minimum atomic E-state index is -3.05. The number of fused-ring (bicyclic) bond motifs is 1.